The summed E-state index contributed by atoms with van der Waals surface area (Å²) in [5.41, 5.74) is 0. The first-order valence-corrected chi connectivity index (χ1v) is 9.81. The lowest BCUT2D eigenvalue weighted by Crippen LogP contribution is -2.36. The molecule has 0 radical (unpaired) electrons. The highest BCUT2D eigenvalue weighted by atomic mass is 14.4. The zero-order chi connectivity index (χ0) is 13.9. The average molecular weight is 277 g/mol. The SMILES string of the molecule is CCC1CCC2CCC(C3CCCCC3CC)CC2C1. The lowest BCUT2D eigenvalue weighted by Gasteiger charge is -2.46. The normalized spacial score (nSPS) is 45.9. The molecule has 0 bridgehead atoms. The maximum absolute atomic E-state index is 2.45. The molecule has 3 fully saturated rings. The van der Waals surface area contributed by atoms with Crippen LogP contribution < -0.4 is 0 Å². The Kier molecular flexibility index (Phi) is 5.10. The summed E-state index contributed by atoms with van der Waals surface area (Å²) in [5.74, 6) is 6.61. The van der Waals surface area contributed by atoms with Crippen LogP contribution in [0.2, 0.25) is 0 Å². The van der Waals surface area contributed by atoms with Gasteiger partial charge in [-0.2, -0.15) is 0 Å². The van der Waals surface area contributed by atoms with Gasteiger partial charge in [0.15, 0.2) is 0 Å². The Balaban J connectivity index is 1.61. The van der Waals surface area contributed by atoms with Crippen LogP contribution >= 0.6 is 0 Å². The highest BCUT2D eigenvalue weighted by Gasteiger charge is 2.39. The van der Waals surface area contributed by atoms with E-state index < -0.39 is 0 Å². The molecule has 6 atom stereocenters. The molecule has 0 N–H and O–H groups in total. The third kappa shape index (κ3) is 3.09. The van der Waals surface area contributed by atoms with E-state index in [0.717, 1.165) is 35.5 Å². The van der Waals surface area contributed by atoms with Crippen LogP contribution in [0.5, 0.6) is 0 Å². The molecule has 3 saturated carbocycles. The van der Waals surface area contributed by atoms with E-state index in [0.29, 0.717) is 0 Å². The summed E-state index contributed by atoms with van der Waals surface area (Å²) in [5, 5.41) is 0. The van der Waals surface area contributed by atoms with E-state index in [1.54, 1.807) is 51.4 Å². The Bertz CT molecular complexity index is 294. The zero-order valence-electron chi connectivity index (χ0n) is 13.9. The molecule has 0 nitrogen and oxygen atoms in total. The minimum Gasteiger partial charge on any atom is -0.0651 e. The molecule has 20 heavy (non-hydrogen) atoms. The summed E-state index contributed by atoms with van der Waals surface area (Å²) in [6, 6.07) is 0. The molecule has 0 aromatic carbocycles. The van der Waals surface area contributed by atoms with Crippen molar-refractivity contribution in [3.8, 4) is 0 Å². The molecule has 6 unspecified atom stereocenters. The van der Waals surface area contributed by atoms with Crippen molar-refractivity contribution in [3.63, 3.8) is 0 Å². The van der Waals surface area contributed by atoms with Crippen molar-refractivity contribution in [3.05, 3.63) is 0 Å². The molecular weight excluding hydrogens is 240 g/mol. The standard InChI is InChI=1S/C20H36/c1-3-15-9-10-17-11-12-18(14-19(17)13-15)20-8-6-5-7-16(20)4-2/h15-20H,3-14H2,1-2H3. The number of rotatable bonds is 3. The second-order valence-electron chi connectivity index (χ2n) is 8.30. The fourth-order valence-electron chi connectivity index (χ4n) is 6.15. The van der Waals surface area contributed by atoms with Gasteiger partial charge in [0.05, 0.1) is 0 Å². The van der Waals surface area contributed by atoms with E-state index in [2.05, 4.69) is 13.8 Å². The summed E-state index contributed by atoms with van der Waals surface area (Å²) in [6.45, 7) is 4.86. The molecule has 0 aromatic heterocycles. The lowest BCUT2D eigenvalue weighted by atomic mass is 9.59. The highest BCUT2D eigenvalue weighted by molar-refractivity contribution is 4.90. The highest BCUT2D eigenvalue weighted by Crippen LogP contribution is 2.50. The van der Waals surface area contributed by atoms with Crippen LogP contribution in [0.3, 0.4) is 0 Å². The number of fused-ring (bicyclic) bond motifs is 1. The van der Waals surface area contributed by atoms with Crippen molar-refractivity contribution in [2.75, 3.05) is 0 Å². The van der Waals surface area contributed by atoms with Crippen molar-refractivity contribution >= 4 is 0 Å². The van der Waals surface area contributed by atoms with E-state index in [-0.39, 0.29) is 0 Å². The molecule has 3 aliphatic rings. The first kappa shape index (κ1) is 14.9. The van der Waals surface area contributed by atoms with Gasteiger partial charge >= 0.3 is 0 Å². The Morgan fingerprint density at radius 3 is 2.20 bits per heavy atom. The van der Waals surface area contributed by atoms with Crippen molar-refractivity contribution < 1.29 is 0 Å². The molecular formula is C20H36. The van der Waals surface area contributed by atoms with Gasteiger partial charge in [-0.05, 0) is 74.0 Å². The minimum atomic E-state index is 1.07. The van der Waals surface area contributed by atoms with Crippen LogP contribution in [0.25, 0.3) is 0 Å². The molecule has 3 aliphatic carbocycles. The fraction of sp³-hybridized carbons (Fsp3) is 1.00. The summed E-state index contributed by atoms with van der Waals surface area (Å²) in [4.78, 5) is 0. The van der Waals surface area contributed by atoms with E-state index in [9.17, 15) is 0 Å². The Morgan fingerprint density at radius 1 is 0.650 bits per heavy atom. The van der Waals surface area contributed by atoms with Crippen molar-refractivity contribution in [2.24, 2.45) is 35.5 Å². The maximum atomic E-state index is 2.45. The first-order chi connectivity index (χ1) is 9.81. The minimum absolute atomic E-state index is 1.07. The van der Waals surface area contributed by atoms with Gasteiger partial charge in [-0.1, -0.05) is 52.4 Å². The first-order valence-electron chi connectivity index (χ1n) is 9.81. The van der Waals surface area contributed by atoms with Crippen LogP contribution in [-0.4, -0.2) is 0 Å². The van der Waals surface area contributed by atoms with Crippen LogP contribution in [0.4, 0.5) is 0 Å². The monoisotopic (exact) mass is 276 g/mol. The quantitative estimate of drug-likeness (QED) is 0.556. The van der Waals surface area contributed by atoms with Gasteiger partial charge in [-0.25, -0.2) is 0 Å². The predicted molar refractivity (Wildman–Crippen MR) is 87.7 cm³/mol. The van der Waals surface area contributed by atoms with Gasteiger partial charge in [-0.15, -0.1) is 0 Å². The van der Waals surface area contributed by atoms with Gasteiger partial charge < -0.3 is 0 Å². The third-order valence-electron chi connectivity index (χ3n) is 7.44. The lowest BCUT2D eigenvalue weighted by molar-refractivity contribution is 0.0429. The third-order valence-corrected chi connectivity index (χ3v) is 7.44. The van der Waals surface area contributed by atoms with Crippen LogP contribution in [0.15, 0.2) is 0 Å². The molecule has 0 aromatic rings. The van der Waals surface area contributed by atoms with Gasteiger partial charge in [0.25, 0.3) is 0 Å². The largest absolute Gasteiger partial charge is 0.0651 e. The fourth-order valence-corrected chi connectivity index (χ4v) is 6.15. The van der Waals surface area contributed by atoms with Gasteiger partial charge in [-0.3, -0.25) is 0 Å². The van der Waals surface area contributed by atoms with Gasteiger partial charge in [0.2, 0.25) is 0 Å². The molecule has 0 heteroatoms. The van der Waals surface area contributed by atoms with E-state index in [1.165, 1.54) is 25.7 Å². The van der Waals surface area contributed by atoms with Gasteiger partial charge in [0.1, 0.15) is 0 Å². The summed E-state index contributed by atoms with van der Waals surface area (Å²) in [7, 11) is 0. The Hall–Kier alpha value is 0. The number of hydrogen-bond acceptors (Lipinski definition) is 0. The second kappa shape index (κ2) is 6.84. The van der Waals surface area contributed by atoms with Gasteiger partial charge in [0, 0.05) is 0 Å². The van der Waals surface area contributed by atoms with Crippen LogP contribution in [0, 0.1) is 35.5 Å². The summed E-state index contributed by atoms with van der Waals surface area (Å²) in [6.07, 6.45) is 18.5. The van der Waals surface area contributed by atoms with Crippen molar-refractivity contribution in [1.29, 1.82) is 0 Å². The second-order valence-corrected chi connectivity index (χ2v) is 8.30. The molecule has 3 rings (SSSR count). The molecule has 116 valence electrons. The Morgan fingerprint density at radius 2 is 1.40 bits per heavy atom. The summed E-state index contributed by atoms with van der Waals surface area (Å²) < 4.78 is 0. The molecule has 0 amide bonds. The van der Waals surface area contributed by atoms with Crippen molar-refractivity contribution in [2.45, 2.75) is 90.9 Å². The molecule has 0 aliphatic heterocycles. The molecule has 0 saturated heterocycles. The average Bonchev–Trinajstić information content (AvgIpc) is 2.53. The smallest absolute Gasteiger partial charge is 0.0357 e. The summed E-state index contributed by atoms with van der Waals surface area (Å²) >= 11 is 0. The van der Waals surface area contributed by atoms with Crippen LogP contribution in [0.1, 0.15) is 90.9 Å². The van der Waals surface area contributed by atoms with E-state index >= 15 is 0 Å². The Labute approximate surface area is 127 Å². The van der Waals surface area contributed by atoms with E-state index in [1.807, 2.05) is 0 Å². The number of hydrogen-bond donors (Lipinski definition) is 0. The van der Waals surface area contributed by atoms with Crippen molar-refractivity contribution in [1.82, 2.24) is 0 Å². The zero-order valence-corrected chi connectivity index (χ0v) is 13.9. The molecule has 0 heterocycles. The topological polar surface area (TPSA) is 0 Å². The van der Waals surface area contributed by atoms with E-state index in [4.69, 9.17) is 0 Å². The maximum Gasteiger partial charge on any atom is -0.0357 e. The van der Waals surface area contributed by atoms with Crippen LogP contribution in [-0.2, 0) is 0 Å². The molecule has 0 spiro atoms. The predicted octanol–water partition coefficient (Wildman–Crippen LogP) is 6.45.